The van der Waals surface area contributed by atoms with Crippen LogP contribution in [-0.2, 0) is 33.1 Å². The number of esters is 2. The number of rotatable bonds is 16. The lowest BCUT2D eigenvalue weighted by atomic mass is 10.0. The number of likely N-dealkylation sites (N-methyl/N-ethyl adjacent to an activating group) is 1. The maximum atomic E-state index is 11.2. The first-order valence-corrected chi connectivity index (χ1v) is 17.9. The third kappa shape index (κ3) is 21.3. The van der Waals surface area contributed by atoms with Gasteiger partial charge in [-0.25, -0.2) is 9.59 Å². The topological polar surface area (TPSA) is 173 Å². The Bertz CT molecular complexity index is 1140. The lowest BCUT2D eigenvalue weighted by Gasteiger charge is -2.39. The molecule has 0 aliphatic carbocycles. The largest absolute Gasteiger partial charge is 0.510 e. The van der Waals surface area contributed by atoms with Crippen molar-refractivity contribution in [3.63, 3.8) is 0 Å². The molecule has 2 rings (SSSR count). The minimum absolute atomic E-state index is 0.187. The second-order valence-electron chi connectivity index (χ2n) is 11.7. The Labute approximate surface area is 291 Å². The predicted molar refractivity (Wildman–Crippen MR) is 176 cm³/mol. The Morgan fingerprint density at radius 1 is 1.08 bits per heavy atom. The Morgan fingerprint density at radius 3 is 2.29 bits per heavy atom. The highest BCUT2D eigenvalue weighted by atomic mass is 32.1. The number of hydrogen-bond donors (Lipinski definition) is 2. The van der Waals surface area contributed by atoms with Gasteiger partial charge in [-0.05, 0) is 26.2 Å². The van der Waals surface area contributed by atoms with Gasteiger partial charge in [0.05, 0.1) is 45.1 Å². The number of hydrogen-bond acceptors (Lipinski definition) is 14. The van der Waals surface area contributed by atoms with Crippen LogP contribution in [0, 0.1) is 5.92 Å². The lowest BCUT2D eigenvalue weighted by Crippen LogP contribution is -2.53. The molecule has 3 atom stereocenters. The minimum atomic E-state index is -4.85. The number of quaternary nitrogens is 1. The number of halogens is 3. The molecule has 1 aromatic heterocycles. The van der Waals surface area contributed by atoms with E-state index in [-0.39, 0.29) is 31.0 Å². The zero-order valence-electron chi connectivity index (χ0n) is 29.5. The molecular weight excluding hydrogens is 698 g/mol. The van der Waals surface area contributed by atoms with Crippen LogP contribution in [0.1, 0.15) is 85.8 Å². The van der Waals surface area contributed by atoms with Crippen LogP contribution in [0.5, 0.6) is 5.88 Å². The first kappa shape index (κ1) is 46.4. The lowest BCUT2D eigenvalue weighted by molar-refractivity contribution is -0.946. The smallest absolute Gasteiger partial charge is 0.475 e. The average molecular weight is 751 g/mol. The molecule has 19 heteroatoms. The Hall–Kier alpha value is -2.63. The first-order valence-electron chi connectivity index (χ1n) is 15.8. The number of carbonyl (C=O) groups excluding carboxylic acids is 3. The van der Waals surface area contributed by atoms with Gasteiger partial charge in [0.1, 0.15) is 12.2 Å². The molecule has 1 aromatic rings. The van der Waals surface area contributed by atoms with E-state index in [0.29, 0.717) is 24.1 Å². The van der Waals surface area contributed by atoms with Gasteiger partial charge in [-0.2, -0.15) is 17.5 Å². The molecule has 0 bridgehead atoms. The molecule has 0 saturated carbocycles. The summed E-state index contributed by atoms with van der Waals surface area (Å²) in [5.41, 5.74) is 2.01. The summed E-state index contributed by atoms with van der Waals surface area (Å²) < 4.78 is 70.2. The van der Waals surface area contributed by atoms with Crippen LogP contribution in [0.2, 0.25) is 0 Å². The number of unbranched alkanes of at least 4 members (excludes halogenated alkanes) is 3. The molecule has 1 aliphatic heterocycles. The van der Waals surface area contributed by atoms with E-state index in [1.54, 1.807) is 13.8 Å². The van der Waals surface area contributed by atoms with Crippen LogP contribution in [0.3, 0.4) is 0 Å². The Balaban J connectivity index is 0.000000779. The van der Waals surface area contributed by atoms with Crippen molar-refractivity contribution >= 4 is 43.8 Å². The van der Waals surface area contributed by atoms with E-state index in [9.17, 15) is 37.6 Å². The van der Waals surface area contributed by atoms with E-state index in [4.69, 9.17) is 14.0 Å². The number of aromatic nitrogens is 2. The number of nitrogens with zero attached hydrogens (tertiary/aromatic N) is 3. The van der Waals surface area contributed by atoms with Crippen molar-refractivity contribution in [1.29, 1.82) is 0 Å². The summed E-state index contributed by atoms with van der Waals surface area (Å²) in [4.78, 5) is 41.0. The highest BCUT2D eigenvalue weighted by Crippen LogP contribution is 2.32. The standard InChI is InChI=1S/C16H28N3O2S.C11H21O7P.C3H3F3O2/c1-4-5-6-7-11-21-16-15(17-22-18-16)14-9-8-10-19(3,12-14)13(2)20;1-8(2)5-10(12)16-7-19(14)17-6-15-11(13)18-9(3)4;1-8-2(7)3(4,5)6/h9,13,20H,4-8,10-12H2,1-3H3;8-9,14H,5-7H2,1-4H3;1H3/q+1;;. The summed E-state index contributed by atoms with van der Waals surface area (Å²) in [5, 5.41) is 10.0. The average Bonchev–Trinajstić information content (AvgIpc) is 3.47. The molecule has 3 unspecified atom stereocenters. The zero-order valence-corrected chi connectivity index (χ0v) is 31.2. The second-order valence-corrected chi connectivity index (χ2v) is 13.5. The minimum Gasteiger partial charge on any atom is -0.475 e. The molecule has 1 aliphatic rings. The molecule has 0 radical (unpaired) electrons. The van der Waals surface area contributed by atoms with Crippen molar-refractivity contribution in [1.82, 2.24) is 8.75 Å². The van der Waals surface area contributed by atoms with Gasteiger partial charge < -0.3 is 33.7 Å². The van der Waals surface area contributed by atoms with E-state index >= 15 is 0 Å². The molecule has 14 nitrogen and oxygen atoms in total. The molecule has 0 saturated heterocycles. The van der Waals surface area contributed by atoms with Crippen LogP contribution in [0.25, 0.3) is 5.57 Å². The summed E-state index contributed by atoms with van der Waals surface area (Å²) in [7, 11) is 0.798. The van der Waals surface area contributed by atoms with Gasteiger partial charge in [0.2, 0.25) is 15.2 Å². The summed E-state index contributed by atoms with van der Waals surface area (Å²) >= 11 is 1.20. The van der Waals surface area contributed by atoms with Crippen LogP contribution in [-0.4, -0.2) is 107 Å². The number of alkyl halides is 3. The third-order valence-corrected chi connectivity index (χ3v) is 7.77. The summed E-state index contributed by atoms with van der Waals surface area (Å²) in [6.45, 7) is 13.2. The fraction of sp³-hybridized carbons (Fsp3) is 0.767. The fourth-order valence-electron chi connectivity index (χ4n) is 3.76. The Morgan fingerprint density at radius 2 is 1.76 bits per heavy atom. The van der Waals surface area contributed by atoms with E-state index in [2.05, 4.69) is 43.0 Å². The van der Waals surface area contributed by atoms with Crippen LogP contribution < -0.4 is 4.74 Å². The molecule has 49 heavy (non-hydrogen) atoms. The highest BCUT2D eigenvalue weighted by Gasteiger charge is 2.40. The maximum absolute atomic E-state index is 11.2. The summed E-state index contributed by atoms with van der Waals surface area (Å²) in [6, 6.07) is 0. The predicted octanol–water partition coefficient (Wildman–Crippen LogP) is 6.16. The number of aliphatic hydroxyl groups is 1. The maximum Gasteiger partial charge on any atom is 0.510 e. The van der Waals surface area contributed by atoms with E-state index in [1.165, 1.54) is 31.0 Å². The third-order valence-electron chi connectivity index (χ3n) is 6.50. The zero-order chi connectivity index (χ0) is 37.6. The van der Waals surface area contributed by atoms with Crippen molar-refractivity contribution in [2.45, 2.75) is 98.6 Å². The fourth-order valence-corrected chi connectivity index (χ4v) is 4.79. The number of ether oxygens (including phenoxy) is 5. The van der Waals surface area contributed by atoms with Gasteiger partial charge in [0, 0.05) is 25.3 Å². The summed E-state index contributed by atoms with van der Waals surface area (Å²) in [5.74, 6) is -1.72. The molecular formula is C30H52F3N3O11PS+. The van der Waals surface area contributed by atoms with Crippen molar-refractivity contribution in [3.05, 3.63) is 11.8 Å². The van der Waals surface area contributed by atoms with Gasteiger partial charge in [-0.15, -0.1) is 4.37 Å². The molecule has 0 aromatic carbocycles. The normalized spacial score (nSPS) is 17.0. The molecule has 0 spiro atoms. The molecule has 0 amide bonds. The summed E-state index contributed by atoms with van der Waals surface area (Å²) in [6.07, 6.45) is 1.52. The van der Waals surface area contributed by atoms with Crippen molar-refractivity contribution in [2.24, 2.45) is 5.92 Å². The molecule has 2 heterocycles. The van der Waals surface area contributed by atoms with E-state index in [1.807, 2.05) is 20.8 Å². The Kier molecular flexibility index (Phi) is 23.2. The van der Waals surface area contributed by atoms with Crippen molar-refractivity contribution in [3.8, 4) is 5.88 Å². The van der Waals surface area contributed by atoms with E-state index < -0.39 is 39.4 Å². The number of aliphatic hydroxyl groups excluding tert-OH is 1. The molecule has 284 valence electrons. The highest BCUT2D eigenvalue weighted by molar-refractivity contribution is 7.45. The van der Waals surface area contributed by atoms with Crippen LogP contribution >= 0.6 is 20.1 Å². The van der Waals surface area contributed by atoms with Crippen molar-refractivity contribution in [2.75, 3.05) is 47.0 Å². The quantitative estimate of drug-likeness (QED) is 0.0492. The van der Waals surface area contributed by atoms with Gasteiger partial charge >= 0.3 is 24.3 Å². The van der Waals surface area contributed by atoms with Crippen molar-refractivity contribution < 1.29 is 70.2 Å². The van der Waals surface area contributed by atoms with Gasteiger partial charge in [0.25, 0.3) is 5.88 Å². The first-order chi connectivity index (χ1) is 22.9. The number of methoxy groups -OCH3 is 1. The SMILES string of the molecule is CC(C)CC(=O)OCP(O)OCOC(=O)OC(C)C.CCCCCCOc1nsnc1C1=CCC[N+](C)(C(C)O)C1.COC(=O)C(F)(F)F. The monoisotopic (exact) mass is 750 g/mol. The van der Waals surface area contributed by atoms with Gasteiger partial charge in [-0.3, -0.25) is 13.8 Å². The molecule has 0 fully saturated rings. The number of carbonyl (C=O) groups is 3. The van der Waals surface area contributed by atoms with Crippen LogP contribution in [0.15, 0.2) is 6.08 Å². The van der Waals surface area contributed by atoms with E-state index in [0.717, 1.165) is 37.2 Å². The second kappa shape index (κ2) is 24.5. The van der Waals surface area contributed by atoms with Crippen LogP contribution in [0.4, 0.5) is 18.0 Å². The van der Waals surface area contributed by atoms with Gasteiger partial charge in [0.15, 0.2) is 12.6 Å². The van der Waals surface area contributed by atoms with Gasteiger partial charge in [-0.1, -0.05) is 46.1 Å². The molecule has 2 N–H and O–H groups in total.